The van der Waals surface area contributed by atoms with Crippen LogP contribution in [0, 0.1) is 11.8 Å². The average Bonchev–Trinajstić information content (AvgIpc) is 2.99. The van der Waals surface area contributed by atoms with Gasteiger partial charge >= 0.3 is 12.1 Å². The molecule has 0 aliphatic rings. The lowest BCUT2D eigenvalue weighted by atomic mass is 10.1. The molecule has 0 unspecified atom stereocenters. The summed E-state index contributed by atoms with van der Waals surface area (Å²) >= 11 is 0. The number of alkyl halides is 3. The number of halogens is 3. The van der Waals surface area contributed by atoms with Crippen molar-refractivity contribution in [3.8, 4) is 17.2 Å². The van der Waals surface area contributed by atoms with E-state index in [0.29, 0.717) is 13.1 Å². The molecular formula is C37H41F3NO5+. The predicted octanol–water partition coefficient (Wildman–Crippen LogP) is 7.87. The van der Waals surface area contributed by atoms with Crippen LogP contribution in [-0.4, -0.2) is 19.1 Å². The summed E-state index contributed by atoms with van der Waals surface area (Å²) in [5.74, 6) is -2.57. The summed E-state index contributed by atoms with van der Waals surface area (Å²) in [7, 11) is 0. The molecule has 0 spiro atoms. The first-order chi connectivity index (χ1) is 21.8. The highest BCUT2D eigenvalue weighted by Crippen LogP contribution is 2.40. The van der Waals surface area contributed by atoms with Gasteiger partial charge in [0.2, 0.25) is 11.2 Å². The number of nitrogens with one attached hydrogen (secondary N) is 1. The number of hydrogen-bond donors (Lipinski definition) is 1. The maximum Gasteiger partial charge on any atom is 0.453 e. The third-order valence-electron chi connectivity index (χ3n) is 7.26. The average molecular weight is 637 g/mol. The predicted molar refractivity (Wildman–Crippen MR) is 173 cm³/mol. The molecule has 1 N–H and O–H groups in total. The van der Waals surface area contributed by atoms with Crippen LogP contribution >= 0.6 is 0 Å². The summed E-state index contributed by atoms with van der Waals surface area (Å²) in [6.07, 6.45) is -0.510. The van der Waals surface area contributed by atoms with Crippen LogP contribution in [-0.2, 0) is 23.9 Å². The van der Waals surface area contributed by atoms with Gasteiger partial charge in [0.1, 0.15) is 18.0 Å². The minimum atomic E-state index is -5.05. The van der Waals surface area contributed by atoms with E-state index in [-0.39, 0.29) is 46.4 Å². The number of carbonyl (C=O) groups is 1. The van der Waals surface area contributed by atoms with Crippen molar-refractivity contribution < 1.29 is 36.8 Å². The Bertz CT molecular complexity index is 1700. The smallest absolute Gasteiger partial charge is 0.449 e. The van der Waals surface area contributed by atoms with E-state index >= 15 is 0 Å². The van der Waals surface area contributed by atoms with Gasteiger partial charge in [-0.25, -0.2) is 4.79 Å². The molecule has 4 rings (SSSR count). The lowest BCUT2D eigenvalue weighted by Gasteiger charge is -2.24. The van der Waals surface area contributed by atoms with E-state index in [2.05, 4.69) is 27.7 Å². The molecule has 0 bridgehead atoms. The highest BCUT2D eigenvalue weighted by Gasteiger charge is 2.41. The third-order valence-corrected chi connectivity index (χ3v) is 7.26. The van der Waals surface area contributed by atoms with Crippen molar-refractivity contribution in [2.24, 2.45) is 11.8 Å². The van der Waals surface area contributed by atoms with Crippen LogP contribution in [0.3, 0.4) is 0 Å². The molecule has 0 radical (unpaired) electrons. The fourth-order valence-electron chi connectivity index (χ4n) is 5.46. The number of benzene rings is 3. The summed E-state index contributed by atoms with van der Waals surface area (Å²) in [6.45, 7) is 11.8. The van der Waals surface area contributed by atoms with E-state index in [4.69, 9.17) is 13.9 Å². The monoisotopic (exact) mass is 636 g/mol. The molecule has 0 saturated heterocycles. The van der Waals surface area contributed by atoms with Crippen LogP contribution in [0.25, 0.3) is 17.0 Å². The molecule has 0 aliphatic heterocycles. The van der Waals surface area contributed by atoms with Crippen LogP contribution in [0.15, 0.2) is 82.0 Å². The molecule has 0 aliphatic carbocycles. The van der Waals surface area contributed by atoms with Gasteiger partial charge in [0.05, 0.1) is 24.0 Å². The fraction of sp³-hybridized carbons (Fsp3) is 0.351. The van der Waals surface area contributed by atoms with E-state index in [0.717, 1.165) is 28.9 Å². The van der Waals surface area contributed by atoms with Gasteiger partial charge in [-0.1, -0.05) is 83.5 Å². The molecule has 3 aromatic carbocycles. The van der Waals surface area contributed by atoms with Crippen molar-refractivity contribution in [1.29, 1.82) is 0 Å². The van der Waals surface area contributed by atoms with E-state index in [9.17, 15) is 22.8 Å². The van der Waals surface area contributed by atoms with Crippen LogP contribution in [0.1, 0.15) is 63.5 Å². The van der Waals surface area contributed by atoms with Gasteiger partial charge in [0.15, 0.2) is 5.58 Å². The van der Waals surface area contributed by atoms with Crippen molar-refractivity contribution in [2.45, 2.75) is 60.2 Å². The van der Waals surface area contributed by atoms with Gasteiger partial charge in [-0.15, -0.1) is 0 Å². The van der Waals surface area contributed by atoms with Gasteiger partial charge in [-0.2, -0.15) is 13.2 Å². The number of quaternary nitrogens is 1. The number of fused-ring (bicyclic) bond motifs is 1. The van der Waals surface area contributed by atoms with Crippen molar-refractivity contribution in [3.05, 3.63) is 105 Å². The highest BCUT2D eigenvalue weighted by molar-refractivity contribution is 5.90. The second-order valence-electron chi connectivity index (χ2n) is 12.3. The van der Waals surface area contributed by atoms with Gasteiger partial charge in [-0.3, -0.25) is 4.79 Å². The highest BCUT2D eigenvalue weighted by atomic mass is 19.4. The number of carbonyl (C=O) groups excluding carboxylic acids is 1. The fourth-order valence-corrected chi connectivity index (χ4v) is 5.46. The molecule has 0 amide bonds. The molecule has 1 aromatic heterocycles. The number of hydrogen-bond acceptors (Lipinski definition) is 5. The van der Waals surface area contributed by atoms with Crippen molar-refractivity contribution in [3.63, 3.8) is 0 Å². The lowest BCUT2D eigenvalue weighted by molar-refractivity contribution is -0.919. The minimum Gasteiger partial charge on any atom is -0.449 e. The van der Waals surface area contributed by atoms with E-state index in [1.165, 1.54) is 30.3 Å². The molecule has 0 fully saturated rings. The molecule has 0 atom stereocenters. The maximum atomic E-state index is 14.5. The first-order valence-electron chi connectivity index (χ1n) is 15.6. The van der Waals surface area contributed by atoms with Crippen LogP contribution in [0.2, 0.25) is 0 Å². The molecule has 0 saturated carbocycles. The standard InChI is InChI=1S/C37H40F3NO5/c1-6-10-26-13-16-28(17-14-26)44-35-33(43)29-18-19-31(45-32(42)20-15-27-11-8-7-9-12-27)30(34(29)46-36(35)37(38,39)40)23-41(21-24(2)3)22-25(4)5/h7-9,11-20,24-25H,6,10,21-23H2,1-5H3/p+1/b20-15+. The Labute approximate surface area is 267 Å². The maximum absolute atomic E-state index is 14.5. The quantitative estimate of drug-likeness (QED) is 0.0919. The first kappa shape index (κ1) is 34.5. The Morgan fingerprint density at radius 1 is 0.935 bits per heavy atom. The van der Waals surface area contributed by atoms with Crippen molar-refractivity contribution in [1.82, 2.24) is 0 Å². The molecular weight excluding hydrogens is 595 g/mol. The number of aryl methyl sites for hydroxylation is 1. The summed E-state index contributed by atoms with van der Waals surface area (Å²) < 4.78 is 60.4. The topological polar surface area (TPSA) is 70.2 Å². The second-order valence-corrected chi connectivity index (χ2v) is 12.3. The van der Waals surface area contributed by atoms with Crippen LogP contribution in [0.4, 0.5) is 13.2 Å². The minimum absolute atomic E-state index is 0.0247. The number of esters is 1. The summed E-state index contributed by atoms with van der Waals surface area (Å²) in [4.78, 5) is 27.7. The van der Waals surface area contributed by atoms with Gasteiger partial charge in [0, 0.05) is 17.9 Å². The van der Waals surface area contributed by atoms with Crippen molar-refractivity contribution in [2.75, 3.05) is 13.1 Å². The Morgan fingerprint density at radius 2 is 1.59 bits per heavy atom. The summed E-state index contributed by atoms with van der Waals surface area (Å²) in [6, 6.07) is 18.4. The largest absolute Gasteiger partial charge is 0.453 e. The molecule has 46 heavy (non-hydrogen) atoms. The Balaban J connectivity index is 1.85. The van der Waals surface area contributed by atoms with Gasteiger partial charge < -0.3 is 18.8 Å². The van der Waals surface area contributed by atoms with Gasteiger partial charge in [0.25, 0.3) is 5.76 Å². The molecule has 4 aromatic rings. The Morgan fingerprint density at radius 3 is 2.17 bits per heavy atom. The zero-order chi connectivity index (χ0) is 33.4. The normalized spacial score (nSPS) is 12.2. The first-order valence-corrected chi connectivity index (χ1v) is 15.6. The number of ether oxygens (including phenoxy) is 2. The lowest BCUT2D eigenvalue weighted by Crippen LogP contribution is -3.11. The molecule has 1 heterocycles. The zero-order valence-electron chi connectivity index (χ0n) is 26.9. The molecule has 244 valence electrons. The van der Waals surface area contributed by atoms with Crippen LogP contribution < -0.4 is 19.8 Å². The SMILES string of the molecule is CCCc1ccc(Oc2c(C(F)(F)F)oc3c(C[NH+](CC(C)C)CC(C)C)c(OC(=O)/C=C/c4ccccc4)ccc3c2=O)cc1. The van der Waals surface area contributed by atoms with Crippen LogP contribution in [0.5, 0.6) is 17.2 Å². The third kappa shape index (κ3) is 9.10. The Kier molecular flexibility index (Phi) is 11.5. The van der Waals surface area contributed by atoms with Gasteiger partial charge in [-0.05, 0) is 47.9 Å². The Hall–Kier alpha value is -4.37. The van der Waals surface area contributed by atoms with E-state index in [1.807, 2.05) is 37.3 Å². The second kappa shape index (κ2) is 15.3. The van der Waals surface area contributed by atoms with Crippen molar-refractivity contribution >= 4 is 23.0 Å². The van der Waals surface area contributed by atoms with E-state index < -0.39 is 29.1 Å². The van der Waals surface area contributed by atoms with E-state index in [1.54, 1.807) is 18.2 Å². The molecule has 6 nitrogen and oxygen atoms in total. The summed E-state index contributed by atoms with van der Waals surface area (Å²) in [5.41, 5.74) is 0.717. The zero-order valence-corrected chi connectivity index (χ0v) is 26.9. The molecule has 9 heteroatoms. The number of rotatable bonds is 13. The summed E-state index contributed by atoms with van der Waals surface area (Å²) in [5, 5.41) is -0.103.